The number of aliphatic hydroxyl groups excluding tert-OH is 1. The summed E-state index contributed by atoms with van der Waals surface area (Å²) in [6.07, 6.45) is 1.50. The topological polar surface area (TPSA) is 92.7 Å². The van der Waals surface area contributed by atoms with E-state index in [2.05, 4.69) is 4.28 Å². The molecule has 1 amide bonds. The molecule has 0 aromatic heterocycles. The molecule has 0 aliphatic heterocycles. The maximum absolute atomic E-state index is 10.9. The fraction of sp³-hybridized carbons (Fsp3) is 0.571. The first-order valence-electron chi connectivity index (χ1n) is 3.99. The summed E-state index contributed by atoms with van der Waals surface area (Å²) in [6.45, 7) is 3.08. The second-order valence-corrected chi connectivity index (χ2v) is 4.14. The first-order valence-corrected chi connectivity index (χ1v) is 5.57. The van der Waals surface area contributed by atoms with Crippen LogP contribution in [0.5, 0.6) is 0 Å². The van der Waals surface area contributed by atoms with Gasteiger partial charge in [-0.05, 0) is 19.4 Å². The van der Waals surface area contributed by atoms with Gasteiger partial charge in [0.25, 0.3) is 10.1 Å². The third kappa shape index (κ3) is 4.83. The zero-order chi connectivity index (χ0) is 11.2. The van der Waals surface area contributed by atoms with Crippen LogP contribution in [-0.2, 0) is 19.2 Å². The summed E-state index contributed by atoms with van der Waals surface area (Å²) < 4.78 is 25.9. The van der Waals surface area contributed by atoms with E-state index < -0.39 is 21.8 Å². The van der Waals surface area contributed by atoms with E-state index in [-0.39, 0.29) is 5.75 Å². The van der Waals surface area contributed by atoms with Gasteiger partial charge in [0, 0.05) is 0 Å². The number of carbonyl (C=O) groups is 1. The van der Waals surface area contributed by atoms with Crippen LogP contribution >= 0.6 is 0 Å². The maximum Gasteiger partial charge on any atom is 0.310 e. The zero-order valence-electron chi connectivity index (χ0n) is 7.98. The number of hydrogen-bond acceptors (Lipinski definition) is 5. The van der Waals surface area contributed by atoms with E-state index >= 15 is 0 Å². The molecule has 82 valence electrons. The molecule has 7 heteroatoms. The van der Waals surface area contributed by atoms with Crippen LogP contribution in [0, 0.1) is 0 Å². The Kier molecular flexibility index (Phi) is 5.18. The van der Waals surface area contributed by atoms with Crippen LogP contribution < -0.4 is 5.48 Å². The van der Waals surface area contributed by atoms with E-state index in [4.69, 9.17) is 5.11 Å². The molecule has 0 atom stereocenters. The van der Waals surface area contributed by atoms with Gasteiger partial charge >= 0.3 is 5.91 Å². The molecule has 0 aliphatic rings. The average Bonchev–Trinajstić information content (AvgIpc) is 2.13. The normalized spacial score (nSPS) is 12.6. The number of hydrogen-bond donors (Lipinski definition) is 2. The summed E-state index contributed by atoms with van der Waals surface area (Å²) in [5, 5.41) is 8.83. The van der Waals surface area contributed by atoms with Gasteiger partial charge in [0.1, 0.15) is 0 Å². The summed E-state index contributed by atoms with van der Waals surface area (Å²) in [5.74, 6) is -1.78. The third-order valence-corrected chi connectivity index (χ3v) is 2.47. The lowest BCUT2D eigenvalue weighted by molar-refractivity contribution is -0.126. The van der Waals surface area contributed by atoms with Crippen LogP contribution in [0.1, 0.15) is 20.3 Å². The van der Waals surface area contributed by atoms with Gasteiger partial charge in [-0.15, -0.1) is 4.28 Å². The third-order valence-electron chi connectivity index (χ3n) is 1.22. The molecule has 0 saturated carbocycles. The minimum absolute atomic E-state index is 0.191. The van der Waals surface area contributed by atoms with Gasteiger partial charge < -0.3 is 5.11 Å². The van der Waals surface area contributed by atoms with E-state index in [9.17, 15) is 13.2 Å². The molecule has 0 bridgehead atoms. The van der Waals surface area contributed by atoms with Gasteiger partial charge in [-0.2, -0.15) is 8.42 Å². The van der Waals surface area contributed by atoms with Gasteiger partial charge in [0.05, 0.1) is 5.75 Å². The molecule has 0 aliphatic carbocycles. The van der Waals surface area contributed by atoms with Crippen molar-refractivity contribution in [3.63, 3.8) is 0 Å². The molecule has 2 N–H and O–H groups in total. The average molecular weight is 223 g/mol. The number of rotatable bonds is 5. The summed E-state index contributed by atoms with van der Waals surface area (Å²) in [7, 11) is -3.74. The van der Waals surface area contributed by atoms with Gasteiger partial charge in [-0.3, -0.25) is 4.79 Å². The molecule has 0 aromatic carbocycles. The number of allylic oxidation sites excluding steroid dienone is 1. The van der Waals surface area contributed by atoms with Crippen LogP contribution in [0.3, 0.4) is 0 Å². The number of nitrogens with one attached hydrogen (secondary N) is 1. The second-order valence-electron chi connectivity index (χ2n) is 2.45. The lowest BCUT2D eigenvalue weighted by Crippen LogP contribution is -2.29. The van der Waals surface area contributed by atoms with Crippen molar-refractivity contribution in [2.24, 2.45) is 0 Å². The van der Waals surface area contributed by atoms with Crippen molar-refractivity contribution in [3.8, 4) is 0 Å². The quantitative estimate of drug-likeness (QED) is 0.395. The molecule has 0 saturated heterocycles. The highest BCUT2D eigenvalue weighted by atomic mass is 32.2. The highest BCUT2D eigenvalue weighted by Crippen LogP contribution is 1.94. The Morgan fingerprint density at radius 3 is 2.57 bits per heavy atom. The lowest BCUT2D eigenvalue weighted by Gasteiger charge is -2.04. The molecular weight excluding hydrogens is 210 g/mol. The smallest absolute Gasteiger partial charge is 0.310 e. The molecule has 0 heterocycles. The van der Waals surface area contributed by atoms with Crippen LogP contribution in [0.4, 0.5) is 0 Å². The Morgan fingerprint density at radius 1 is 1.57 bits per heavy atom. The molecule has 6 nitrogen and oxygen atoms in total. The van der Waals surface area contributed by atoms with E-state index in [0.29, 0.717) is 6.42 Å². The Balaban J connectivity index is 4.14. The van der Waals surface area contributed by atoms with Crippen LogP contribution in [0.25, 0.3) is 0 Å². The van der Waals surface area contributed by atoms with Crippen LogP contribution in [-0.4, -0.2) is 25.2 Å². The van der Waals surface area contributed by atoms with E-state index in [0.717, 1.165) is 6.08 Å². The molecule has 0 unspecified atom stereocenters. The number of carbonyl (C=O) groups excluding carboxylic acids is 1. The van der Waals surface area contributed by atoms with Gasteiger partial charge in [0.2, 0.25) is 0 Å². The number of hydroxylamine groups is 1. The van der Waals surface area contributed by atoms with Crippen molar-refractivity contribution in [1.82, 2.24) is 5.48 Å². The standard InChI is InChI=1S/C7H13NO5S/c1-3-5-14(11,12)13-8-7(10)6(9)4-2/h4,9H,3,5H2,1-2H3,(H,8,10). The van der Waals surface area contributed by atoms with Crippen molar-refractivity contribution >= 4 is 16.0 Å². The van der Waals surface area contributed by atoms with E-state index in [1.807, 2.05) is 0 Å². The largest absolute Gasteiger partial charge is 0.503 e. The highest BCUT2D eigenvalue weighted by Gasteiger charge is 2.13. The van der Waals surface area contributed by atoms with Gasteiger partial charge in [-0.1, -0.05) is 6.92 Å². The highest BCUT2D eigenvalue weighted by molar-refractivity contribution is 7.86. The SMILES string of the molecule is CC=C(O)C(=O)NOS(=O)(=O)CCC. The predicted molar refractivity (Wildman–Crippen MR) is 49.7 cm³/mol. The Hall–Kier alpha value is -1.08. The summed E-state index contributed by atoms with van der Waals surface area (Å²) in [6, 6.07) is 0. The molecule has 14 heavy (non-hydrogen) atoms. The number of aliphatic hydroxyl groups is 1. The molecule has 0 rings (SSSR count). The van der Waals surface area contributed by atoms with Crippen molar-refractivity contribution in [2.75, 3.05) is 5.75 Å². The molecular formula is C7H13NO5S. The monoisotopic (exact) mass is 223 g/mol. The van der Waals surface area contributed by atoms with E-state index in [1.165, 1.54) is 6.92 Å². The minimum atomic E-state index is -3.74. The molecule has 0 aromatic rings. The van der Waals surface area contributed by atoms with Crippen molar-refractivity contribution in [2.45, 2.75) is 20.3 Å². The first kappa shape index (κ1) is 12.9. The minimum Gasteiger partial charge on any atom is -0.503 e. The van der Waals surface area contributed by atoms with Crippen molar-refractivity contribution in [1.29, 1.82) is 0 Å². The lowest BCUT2D eigenvalue weighted by atomic mass is 10.4. The zero-order valence-corrected chi connectivity index (χ0v) is 8.80. The maximum atomic E-state index is 10.9. The van der Waals surface area contributed by atoms with Crippen LogP contribution in [0.15, 0.2) is 11.8 Å². The van der Waals surface area contributed by atoms with Gasteiger partial charge in [0.15, 0.2) is 5.76 Å². The van der Waals surface area contributed by atoms with E-state index in [1.54, 1.807) is 12.4 Å². The molecule has 0 radical (unpaired) electrons. The summed E-state index contributed by atoms with van der Waals surface area (Å²) in [4.78, 5) is 10.8. The van der Waals surface area contributed by atoms with Crippen LogP contribution in [0.2, 0.25) is 0 Å². The van der Waals surface area contributed by atoms with Gasteiger partial charge in [-0.25, -0.2) is 5.48 Å². The Bertz CT molecular complexity index is 319. The fourth-order valence-electron chi connectivity index (χ4n) is 0.576. The molecule has 0 fully saturated rings. The second kappa shape index (κ2) is 5.61. The van der Waals surface area contributed by atoms with Crippen molar-refractivity contribution in [3.05, 3.63) is 11.8 Å². The Labute approximate surface area is 82.6 Å². The number of amides is 1. The summed E-state index contributed by atoms with van der Waals surface area (Å²) >= 11 is 0. The first-order chi connectivity index (χ1) is 6.43. The summed E-state index contributed by atoms with van der Waals surface area (Å²) in [5.41, 5.74) is 1.61. The van der Waals surface area contributed by atoms with Crippen molar-refractivity contribution < 1.29 is 22.6 Å². The molecule has 0 spiro atoms. The fourth-order valence-corrected chi connectivity index (χ4v) is 1.36. The predicted octanol–water partition coefficient (Wildman–Crippen LogP) is 0.236. The Morgan fingerprint density at radius 2 is 2.14 bits per heavy atom.